The van der Waals surface area contributed by atoms with E-state index in [1.54, 1.807) is 36.4 Å². The van der Waals surface area contributed by atoms with Gasteiger partial charge in [-0.2, -0.15) is 0 Å². The quantitative estimate of drug-likeness (QED) is 0.698. The van der Waals surface area contributed by atoms with Crippen LogP contribution in [0.2, 0.25) is 5.02 Å². The molecule has 27 heavy (non-hydrogen) atoms. The van der Waals surface area contributed by atoms with Crippen molar-refractivity contribution in [3.05, 3.63) is 94.5 Å². The van der Waals surface area contributed by atoms with Crippen LogP contribution in [0.3, 0.4) is 0 Å². The predicted octanol–water partition coefficient (Wildman–Crippen LogP) is 4.06. The smallest absolute Gasteiger partial charge is 0.257 e. The van der Waals surface area contributed by atoms with Gasteiger partial charge in [0.1, 0.15) is 5.82 Å². The molecular weight excluding hydrogens is 369 g/mol. The van der Waals surface area contributed by atoms with E-state index in [-0.39, 0.29) is 29.4 Å². The van der Waals surface area contributed by atoms with E-state index in [2.05, 4.69) is 15.6 Å². The first-order valence-electron chi connectivity index (χ1n) is 8.06. The minimum Gasteiger partial charge on any atom is -0.348 e. The fourth-order valence-corrected chi connectivity index (χ4v) is 2.51. The van der Waals surface area contributed by atoms with Crippen LogP contribution in [-0.4, -0.2) is 16.8 Å². The summed E-state index contributed by atoms with van der Waals surface area (Å²) in [6.45, 7) is 0.231. The van der Waals surface area contributed by atoms with Crippen LogP contribution in [0.1, 0.15) is 26.3 Å². The van der Waals surface area contributed by atoms with Gasteiger partial charge in [0, 0.05) is 18.9 Å². The van der Waals surface area contributed by atoms with E-state index in [0.717, 1.165) is 5.56 Å². The Kier molecular flexibility index (Phi) is 5.78. The van der Waals surface area contributed by atoms with E-state index in [4.69, 9.17) is 11.6 Å². The summed E-state index contributed by atoms with van der Waals surface area (Å²) >= 11 is 6.03. The monoisotopic (exact) mass is 383 g/mol. The van der Waals surface area contributed by atoms with Crippen molar-refractivity contribution in [2.45, 2.75) is 6.54 Å². The first kappa shape index (κ1) is 18.5. The van der Waals surface area contributed by atoms with Crippen LogP contribution < -0.4 is 10.6 Å². The lowest BCUT2D eigenvalue weighted by Gasteiger charge is -2.09. The second-order valence-corrected chi connectivity index (χ2v) is 6.11. The van der Waals surface area contributed by atoms with E-state index < -0.39 is 5.91 Å². The van der Waals surface area contributed by atoms with Crippen LogP contribution in [0.4, 0.5) is 10.1 Å². The summed E-state index contributed by atoms with van der Waals surface area (Å²) in [6.07, 6.45) is 2.73. The zero-order chi connectivity index (χ0) is 19.2. The van der Waals surface area contributed by atoms with Crippen molar-refractivity contribution in [2.24, 2.45) is 0 Å². The summed E-state index contributed by atoms with van der Waals surface area (Å²) in [5.41, 5.74) is 1.69. The Bertz CT molecular complexity index is 977. The van der Waals surface area contributed by atoms with Crippen molar-refractivity contribution in [3.8, 4) is 0 Å². The van der Waals surface area contributed by atoms with Gasteiger partial charge in [0.05, 0.1) is 21.8 Å². The molecule has 0 saturated carbocycles. The molecule has 0 spiro atoms. The maximum absolute atomic E-state index is 12.9. The molecular formula is C20H15ClFN3O2. The summed E-state index contributed by atoms with van der Waals surface area (Å²) in [5.74, 6) is -1.16. The molecule has 136 valence electrons. The highest BCUT2D eigenvalue weighted by molar-refractivity contribution is 6.33. The van der Waals surface area contributed by atoms with Gasteiger partial charge in [-0.05, 0) is 35.9 Å². The summed E-state index contributed by atoms with van der Waals surface area (Å²) in [5, 5.41) is 5.79. The number of hydrogen-bond donors (Lipinski definition) is 2. The number of halogens is 2. The molecule has 2 amide bonds. The number of aromatic nitrogens is 1. The Hall–Kier alpha value is -3.25. The zero-order valence-electron chi connectivity index (χ0n) is 14.1. The van der Waals surface area contributed by atoms with Gasteiger partial charge in [-0.25, -0.2) is 4.39 Å². The van der Waals surface area contributed by atoms with Gasteiger partial charge in [0.15, 0.2) is 0 Å². The van der Waals surface area contributed by atoms with Crippen LogP contribution in [-0.2, 0) is 6.54 Å². The Balaban J connectivity index is 1.67. The molecule has 7 heteroatoms. The number of carbonyl (C=O) groups is 2. The lowest BCUT2D eigenvalue weighted by Crippen LogP contribution is -2.23. The Morgan fingerprint density at radius 1 is 0.963 bits per heavy atom. The number of anilines is 1. The molecule has 2 aromatic carbocycles. The van der Waals surface area contributed by atoms with Crippen molar-refractivity contribution in [1.29, 1.82) is 0 Å². The molecule has 0 aliphatic carbocycles. The fourth-order valence-electron chi connectivity index (χ4n) is 2.33. The van der Waals surface area contributed by atoms with Crippen molar-refractivity contribution in [3.63, 3.8) is 0 Å². The normalized spacial score (nSPS) is 10.3. The maximum Gasteiger partial charge on any atom is 0.257 e. The highest BCUT2D eigenvalue weighted by atomic mass is 35.5. The number of amides is 2. The molecule has 0 aliphatic rings. The first-order valence-corrected chi connectivity index (χ1v) is 8.44. The van der Waals surface area contributed by atoms with Gasteiger partial charge in [-0.15, -0.1) is 0 Å². The molecule has 3 rings (SSSR count). The second kappa shape index (κ2) is 8.42. The van der Waals surface area contributed by atoms with Crippen molar-refractivity contribution in [2.75, 3.05) is 5.32 Å². The van der Waals surface area contributed by atoms with Gasteiger partial charge >= 0.3 is 0 Å². The highest BCUT2D eigenvalue weighted by Gasteiger charge is 2.12. The maximum atomic E-state index is 12.9. The van der Waals surface area contributed by atoms with Gasteiger partial charge in [0.25, 0.3) is 11.8 Å². The average molecular weight is 384 g/mol. The number of nitrogens with zero attached hydrogens (tertiary/aromatic N) is 1. The number of benzene rings is 2. The van der Waals surface area contributed by atoms with E-state index in [1.807, 2.05) is 0 Å². The van der Waals surface area contributed by atoms with E-state index in [0.29, 0.717) is 10.7 Å². The number of hydrogen-bond acceptors (Lipinski definition) is 3. The van der Waals surface area contributed by atoms with Gasteiger partial charge in [-0.3, -0.25) is 14.6 Å². The van der Waals surface area contributed by atoms with Gasteiger partial charge in [-0.1, -0.05) is 35.9 Å². The Labute approximate surface area is 160 Å². The summed E-state index contributed by atoms with van der Waals surface area (Å²) in [6, 6.07) is 14.1. The van der Waals surface area contributed by atoms with Gasteiger partial charge in [0.2, 0.25) is 0 Å². The third-order valence-electron chi connectivity index (χ3n) is 3.75. The largest absolute Gasteiger partial charge is 0.348 e. The number of pyridine rings is 1. The summed E-state index contributed by atoms with van der Waals surface area (Å²) < 4.78 is 12.9. The third-order valence-corrected chi connectivity index (χ3v) is 4.08. The minimum atomic E-state index is -0.427. The molecule has 0 radical (unpaired) electrons. The fraction of sp³-hybridized carbons (Fsp3) is 0.0500. The summed E-state index contributed by atoms with van der Waals surface area (Å²) in [4.78, 5) is 28.6. The standard InChI is InChI=1S/C20H15ClFN3O2/c21-17-3-1-2-4-18(17)25-20(27)15-9-14(11-23-12-15)19(26)24-10-13-5-7-16(22)8-6-13/h1-9,11-12H,10H2,(H,24,26)(H,25,27). The molecule has 2 N–H and O–H groups in total. The molecule has 0 atom stereocenters. The number of nitrogens with one attached hydrogen (secondary N) is 2. The molecule has 5 nitrogen and oxygen atoms in total. The van der Waals surface area contributed by atoms with Crippen LogP contribution in [0.5, 0.6) is 0 Å². The second-order valence-electron chi connectivity index (χ2n) is 5.71. The topological polar surface area (TPSA) is 71.1 Å². The molecule has 0 saturated heterocycles. The Morgan fingerprint density at radius 2 is 1.63 bits per heavy atom. The molecule has 0 unspecified atom stereocenters. The van der Waals surface area contributed by atoms with Crippen LogP contribution in [0.15, 0.2) is 67.0 Å². The zero-order valence-corrected chi connectivity index (χ0v) is 14.8. The number of rotatable bonds is 5. The molecule has 0 aliphatic heterocycles. The minimum absolute atomic E-state index is 0.226. The van der Waals surface area contributed by atoms with Crippen LogP contribution in [0.25, 0.3) is 0 Å². The molecule has 0 fully saturated rings. The third kappa shape index (κ3) is 4.89. The highest BCUT2D eigenvalue weighted by Crippen LogP contribution is 2.21. The van der Waals surface area contributed by atoms with Gasteiger partial charge < -0.3 is 10.6 Å². The van der Waals surface area contributed by atoms with Crippen LogP contribution in [0, 0.1) is 5.82 Å². The molecule has 0 bridgehead atoms. The lowest BCUT2D eigenvalue weighted by atomic mass is 10.1. The summed E-state index contributed by atoms with van der Waals surface area (Å²) in [7, 11) is 0. The Morgan fingerprint density at radius 3 is 2.33 bits per heavy atom. The van der Waals surface area contributed by atoms with E-state index in [9.17, 15) is 14.0 Å². The van der Waals surface area contributed by atoms with Crippen molar-refractivity contribution in [1.82, 2.24) is 10.3 Å². The predicted molar refractivity (Wildman–Crippen MR) is 101 cm³/mol. The molecule has 3 aromatic rings. The van der Waals surface area contributed by atoms with E-state index in [1.165, 1.54) is 30.6 Å². The van der Waals surface area contributed by atoms with Crippen LogP contribution >= 0.6 is 11.6 Å². The SMILES string of the molecule is O=C(NCc1ccc(F)cc1)c1cncc(C(=O)Nc2ccccc2Cl)c1. The molecule has 1 aromatic heterocycles. The number of carbonyl (C=O) groups excluding carboxylic acids is 2. The number of para-hydroxylation sites is 1. The first-order chi connectivity index (χ1) is 13.0. The molecule has 1 heterocycles. The van der Waals surface area contributed by atoms with Crippen molar-refractivity contribution < 1.29 is 14.0 Å². The van der Waals surface area contributed by atoms with E-state index >= 15 is 0 Å². The van der Waals surface area contributed by atoms with Crippen molar-refractivity contribution >= 4 is 29.1 Å². The average Bonchev–Trinajstić information content (AvgIpc) is 2.69. The lowest BCUT2D eigenvalue weighted by molar-refractivity contribution is 0.0950.